The lowest BCUT2D eigenvalue weighted by Crippen LogP contribution is -2.59. The van der Waals surface area contributed by atoms with Crippen molar-refractivity contribution in [2.45, 2.75) is 32.2 Å². The number of nitrogens with zero attached hydrogens (tertiary/aromatic N) is 3. The van der Waals surface area contributed by atoms with E-state index in [9.17, 15) is 14.4 Å². The van der Waals surface area contributed by atoms with E-state index in [4.69, 9.17) is 0 Å². The van der Waals surface area contributed by atoms with Gasteiger partial charge in [0.2, 0.25) is 17.7 Å². The molecule has 0 unspecified atom stereocenters. The van der Waals surface area contributed by atoms with E-state index in [1.54, 1.807) is 16.7 Å². The second-order valence-electron chi connectivity index (χ2n) is 7.13. The van der Waals surface area contributed by atoms with E-state index >= 15 is 0 Å². The van der Waals surface area contributed by atoms with Gasteiger partial charge in [-0.15, -0.1) is 0 Å². The standard InChI is InChI=1S/C21H27N3O3/c1-17-21(27)23(14-7-13-22-12-6-11-19(22)25)16-20(26)24(17)15-5-10-18-8-3-2-4-9-18/h2-5,8-10,17H,6-7,11-16H2,1H3/t17-/m0/s1. The van der Waals surface area contributed by atoms with Crippen molar-refractivity contribution in [3.63, 3.8) is 0 Å². The molecule has 1 aromatic rings. The number of benzene rings is 1. The summed E-state index contributed by atoms with van der Waals surface area (Å²) in [6, 6.07) is 9.42. The molecule has 3 amide bonds. The van der Waals surface area contributed by atoms with Crippen molar-refractivity contribution in [1.82, 2.24) is 14.7 Å². The van der Waals surface area contributed by atoms with Gasteiger partial charge < -0.3 is 14.7 Å². The average molecular weight is 369 g/mol. The predicted octanol–water partition coefficient (Wildman–Crippen LogP) is 1.77. The van der Waals surface area contributed by atoms with Crippen LogP contribution in [0.2, 0.25) is 0 Å². The molecule has 1 aromatic carbocycles. The molecule has 3 rings (SSSR count). The Morgan fingerprint density at radius 3 is 2.48 bits per heavy atom. The van der Waals surface area contributed by atoms with Crippen molar-refractivity contribution < 1.29 is 14.4 Å². The van der Waals surface area contributed by atoms with Crippen LogP contribution in [0.1, 0.15) is 31.7 Å². The normalized spacial score (nSPS) is 21.0. The third-order valence-electron chi connectivity index (χ3n) is 5.22. The lowest BCUT2D eigenvalue weighted by molar-refractivity contribution is -0.154. The summed E-state index contributed by atoms with van der Waals surface area (Å²) in [6.07, 6.45) is 6.15. The second kappa shape index (κ2) is 8.84. The minimum absolute atomic E-state index is 0.0181. The summed E-state index contributed by atoms with van der Waals surface area (Å²) in [7, 11) is 0. The van der Waals surface area contributed by atoms with Crippen LogP contribution in [0.15, 0.2) is 36.4 Å². The maximum Gasteiger partial charge on any atom is 0.245 e. The van der Waals surface area contributed by atoms with Gasteiger partial charge in [-0.1, -0.05) is 42.5 Å². The van der Waals surface area contributed by atoms with Crippen LogP contribution in [0.3, 0.4) is 0 Å². The first kappa shape index (κ1) is 19.1. The third-order valence-corrected chi connectivity index (χ3v) is 5.22. The fourth-order valence-corrected chi connectivity index (χ4v) is 3.65. The number of rotatable bonds is 7. The van der Waals surface area contributed by atoms with Crippen LogP contribution in [0.5, 0.6) is 0 Å². The van der Waals surface area contributed by atoms with E-state index in [0.29, 0.717) is 32.5 Å². The largest absolute Gasteiger partial charge is 0.343 e. The number of hydrogen-bond donors (Lipinski definition) is 0. The van der Waals surface area contributed by atoms with Gasteiger partial charge in [0, 0.05) is 32.6 Å². The summed E-state index contributed by atoms with van der Waals surface area (Å²) in [5, 5.41) is 0. The van der Waals surface area contributed by atoms with Crippen LogP contribution in [-0.2, 0) is 14.4 Å². The lowest BCUT2D eigenvalue weighted by atomic mass is 10.1. The Morgan fingerprint density at radius 1 is 1.04 bits per heavy atom. The van der Waals surface area contributed by atoms with Gasteiger partial charge in [-0.25, -0.2) is 0 Å². The summed E-state index contributed by atoms with van der Waals surface area (Å²) in [6.45, 7) is 4.32. The van der Waals surface area contributed by atoms with Gasteiger partial charge >= 0.3 is 0 Å². The first-order valence-electron chi connectivity index (χ1n) is 9.64. The molecular formula is C21H27N3O3. The van der Waals surface area contributed by atoms with Crippen LogP contribution >= 0.6 is 0 Å². The van der Waals surface area contributed by atoms with E-state index in [1.807, 2.05) is 47.4 Å². The number of hydrogen-bond acceptors (Lipinski definition) is 3. The van der Waals surface area contributed by atoms with Gasteiger partial charge in [0.1, 0.15) is 6.04 Å². The highest BCUT2D eigenvalue weighted by Crippen LogP contribution is 2.15. The molecule has 0 N–H and O–H groups in total. The first-order valence-corrected chi connectivity index (χ1v) is 9.64. The molecule has 144 valence electrons. The highest BCUT2D eigenvalue weighted by molar-refractivity contribution is 5.94. The maximum absolute atomic E-state index is 12.6. The molecule has 1 atom stereocenters. The van der Waals surface area contributed by atoms with Crippen molar-refractivity contribution in [2.75, 3.05) is 32.7 Å². The molecule has 0 aromatic heterocycles. The van der Waals surface area contributed by atoms with Crippen molar-refractivity contribution in [2.24, 2.45) is 0 Å². The number of carbonyl (C=O) groups is 3. The highest BCUT2D eigenvalue weighted by Gasteiger charge is 2.35. The molecule has 2 saturated heterocycles. The molecule has 0 aliphatic carbocycles. The van der Waals surface area contributed by atoms with Gasteiger partial charge in [-0.05, 0) is 25.3 Å². The summed E-state index contributed by atoms with van der Waals surface area (Å²) in [5.41, 5.74) is 1.07. The molecule has 27 heavy (non-hydrogen) atoms. The van der Waals surface area contributed by atoms with Crippen LogP contribution < -0.4 is 0 Å². The Hall–Kier alpha value is -2.63. The summed E-state index contributed by atoms with van der Waals surface area (Å²) < 4.78 is 0. The number of likely N-dealkylation sites (tertiary alicyclic amines) is 1. The van der Waals surface area contributed by atoms with Gasteiger partial charge in [-0.2, -0.15) is 0 Å². The minimum Gasteiger partial charge on any atom is -0.343 e. The molecule has 2 aliphatic heterocycles. The van der Waals surface area contributed by atoms with Gasteiger partial charge in [0.25, 0.3) is 0 Å². The Morgan fingerprint density at radius 2 is 1.78 bits per heavy atom. The Kier molecular flexibility index (Phi) is 6.27. The van der Waals surface area contributed by atoms with E-state index in [2.05, 4.69) is 0 Å². The van der Waals surface area contributed by atoms with Crippen molar-refractivity contribution in [3.8, 4) is 0 Å². The second-order valence-corrected chi connectivity index (χ2v) is 7.13. The van der Waals surface area contributed by atoms with Gasteiger partial charge in [0.05, 0.1) is 6.54 Å². The zero-order chi connectivity index (χ0) is 19.2. The molecule has 2 fully saturated rings. The fraction of sp³-hybridized carbons (Fsp3) is 0.476. The number of carbonyl (C=O) groups excluding carboxylic acids is 3. The quantitative estimate of drug-likeness (QED) is 0.736. The van der Waals surface area contributed by atoms with E-state index in [0.717, 1.165) is 18.5 Å². The Balaban J connectivity index is 1.49. The molecule has 6 nitrogen and oxygen atoms in total. The third kappa shape index (κ3) is 4.76. The van der Waals surface area contributed by atoms with Crippen molar-refractivity contribution in [1.29, 1.82) is 0 Å². The average Bonchev–Trinajstić information content (AvgIpc) is 3.08. The van der Waals surface area contributed by atoms with Crippen LogP contribution in [-0.4, -0.2) is 71.2 Å². The highest BCUT2D eigenvalue weighted by atomic mass is 16.2. The molecule has 2 aliphatic rings. The smallest absolute Gasteiger partial charge is 0.245 e. The van der Waals surface area contributed by atoms with Gasteiger partial charge in [-0.3, -0.25) is 14.4 Å². The zero-order valence-electron chi connectivity index (χ0n) is 15.8. The minimum atomic E-state index is -0.458. The van der Waals surface area contributed by atoms with Crippen LogP contribution in [0, 0.1) is 0 Å². The maximum atomic E-state index is 12.6. The van der Waals surface area contributed by atoms with Crippen molar-refractivity contribution >= 4 is 23.8 Å². The molecule has 0 bridgehead atoms. The monoisotopic (exact) mass is 369 g/mol. The zero-order valence-corrected chi connectivity index (χ0v) is 15.8. The molecule has 0 saturated carbocycles. The van der Waals surface area contributed by atoms with E-state index < -0.39 is 6.04 Å². The molecule has 2 heterocycles. The van der Waals surface area contributed by atoms with E-state index in [1.165, 1.54) is 0 Å². The molecule has 6 heteroatoms. The Labute approximate surface area is 160 Å². The molecule has 0 spiro atoms. The van der Waals surface area contributed by atoms with Gasteiger partial charge in [0.15, 0.2) is 0 Å². The van der Waals surface area contributed by atoms with E-state index in [-0.39, 0.29) is 24.3 Å². The summed E-state index contributed by atoms with van der Waals surface area (Å²) in [4.78, 5) is 41.9. The Bertz CT molecular complexity index is 717. The lowest BCUT2D eigenvalue weighted by Gasteiger charge is -2.38. The topological polar surface area (TPSA) is 60.9 Å². The molecular weight excluding hydrogens is 342 g/mol. The SMILES string of the molecule is C[C@H]1C(=O)N(CCCN2CCCC2=O)CC(=O)N1CC=Cc1ccccc1. The first-order chi connectivity index (χ1) is 13.1. The van der Waals surface area contributed by atoms with Crippen molar-refractivity contribution in [3.05, 3.63) is 42.0 Å². The summed E-state index contributed by atoms with van der Waals surface area (Å²) >= 11 is 0. The molecule has 0 radical (unpaired) electrons. The predicted molar refractivity (Wildman–Crippen MR) is 104 cm³/mol. The van der Waals surface area contributed by atoms with Crippen LogP contribution in [0.25, 0.3) is 6.08 Å². The fourth-order valence-electron chi connectivity index (χ4n) is 3.65. The number of piperazine rings is 1. The summed E-state index contributed by atoms with van der Waals surface area (Å²) in [5.74, 6) is 0.147. The number of amides is 3. The van der Waals surface area contributed by atoms with Crippen LogP contribution in [0.4, 0.5) is 0 Å².